The molecule has 1 amide bonds. The van der Waals surface area contributed by atoms with Gasteiger partial charge in [0.05, 0.1) is 0 Å². The summed E-state index contributed by atoms with van der Waals surface area (Å²) in [6.07, 6.45) is 3.58. The summed E-state index contributed by atoms with van der Waals surface area (Å²) < 4.78 is 11.2. The van der Waals surface area contributed by atoms with Crippen LogP contribution in [0.1, 0.15) is 19.8 Å². The van der Waals surface area contributed by atoms with Gasteiger partial charge < -0.3 is 20.1 Å². The van der Waals surface area contributed by atoms with Gasteiger partial charge in [-0.1, -0.05) is 6.07 Å². The summed E-state index contributed by atoms with van der Waals surface area (Å²) in [6.45, 7) is 3.08. The lowest BCUT2D eigenvalue weighted by molar-refractivity contribution is -0.124. The van der Waals surface area contributed by atoms with Crippen molar-refractivity contribution in [2.75, 3.05) is 13.2 Å². The number of nitrogens with one attached hydrogen (secondary N) is 2. The van der Waals surface area contributed by atoms with Crippen LogP contribution < -0.4 is 20.1 Å². The molecule has 1 aliphatic heterocycles. The summed E-state index contributed by atoms with van der Waals surface area (Å²) in [5, 5.41) is 6.39. The minimum absolute atomic E-state index is 0.0127. The molecule has 1 aromatic heterocycles. The molecular weight excluding hydrogens is 318 g/mol. The molecule has 2 N–H and O–H groups in total. The standard InChI is InChI=1S/C19H23N3O3/c1-14-12-15(9-11-20-14)22-18(23)13-24-16-5-7-17(8-6-16)25-19-4-2-3-10-21-19/h2-8,10,14-15,20H,9,11-13H2,1H3,(H,22,23). The first-order valence-electron chi connectivity index (χ1n) is 8.53. The summed E-state index contributed by atoms with van der Waals surface area (Å²) in [6, 6.07) is 13.3. The smallest absolute Gasteiger partial charge is 0.258 e. The third kappa shape index (κ3) is 5.46. The molecule has 2 atom stereocenters. The molecule has 1 fully saturated rings. The first-order valence-corrected chi connectivity index (χ1v) is 8.53. The van der Waals surface area contributed by atoms with Crippen LogP contribution in [0.5, 0.6) is 17.4 Å². The molecule has 2 unspecified atom stereocenters. The van der Waals surface area contributed by atoms with E-state index in [-0.39, 0.29) is 18.6 Å². The van der Waals surface area contributed by atoms with Crippen molar-refractivity contribution in [2.45, 2.75) is 31.8 Å². The van der Waals surface area contributed by atoms with Crippen molar-refractivity contribution in [3.05, 3.63) is 48.7 Å². The lowest BCUT2D eigenvalue weighted by Gasteiger charge is -2.28. The van der Waals surface area contributed by atoms with Crippen molar-refractivity contribution in [3.8, 4) is 17.4 Å². The van der Waals surface area contributed by atoms with Gasteiger partial charge in [-0.25, -0.2) is 4.98 Å². The van der Waals surface area contributed by atoms with Gasteiger partial charge in [0, 0.05) is 24.3 Å². The van der Waals surface area contributed by atoms with Crippen LogP contribution >= 0.6 is 0 Å². The topological polar surface area (TPSA) is 72.5 Å². The van der Waals surface area contributed by atoms with Gasteiger partial charge in [-0.05, 0) is 56.6 Å². The Morgan fingerprint density at radius 1 is 1.24 bits per heavy atom. The quantitative estimate of drug-likeness (QED) is 0.845. The van der Waals surface area contributed by atoms with Crippen LogP contribution in [0, 0.1) is 0 Å². The highest BCUT2D eigenvalue weighted by molar-refractivity contribution is 5.77. The van der Waals surface area contributed by atoms with Gasteiger partial charge in [0.2, 0.25) is 5.88 Å². The average Bonchev–Trinajstić information content (AvgIpc) is 2.62. The Kier molecular flexibility index (Phi) is 5.85. The normalized spacial score (nSPS) is 19.9. The third-order valence-electron chi connectivity index (χ3n) is 4.04. The lowest BCUT2D eigenvalue weighted by Crippen LogP contribution is -2.47. The second-order valence-corrected chi connectivity index (χ2v) is 6.17. The molecule has 0 aliphatic carbocycles. The van der Waals surface area contributed by atoms with E-state index in [9.17, 15) is 4.79 Å². The van der Waals surface area contributed by atoms with Gasteiger partial charge in [-0.3, -0.25) is 4.79 Å². The summed E-state index contributed by atoms with van der Waals surface area (Å²) in [5.74, 6) is 1.74. The van der Waals surface area contributed by atoms with Crippen molar-refractivity contribution in [1.82, 2.24) is 15.6 Å². The van der Waals surface area contributed by atoms with E-state index in [0.29, 0.717) is 23.4 Å². The van der Waals surface area contributed by atoms with Crippen LogP contribution in [0.3, 0.4) is 0 Å². The molecule has 0 bridgehead atoms. The molecule has 0 spiro atoms. The number of pyridine rings is 1. The zero-order valence-corrected chi connectivity index (χ0v) is 14.3. The van der Waals surface area contributed by atoms with Gasteiger partial charge >= 0.3 is 0 Å². The number of aromatic nitrogens is 1. The molecule has 0 saturated carbocycles. The summed E-state index contributed by atoms with van der Waals surface area (Å²) in [7, 11) is 0. The van der Waals surface area contributed by atoms with Crippen LogP contribution in [0.4, 0.5) is 0 Å². The van der Waals surface area contributed by atoms with Crippen molar-refractivity contribution in [1.29, 1.82) is 0 Å². The Bertz CT molecular complexity index is 676. The van der Waals surface area contributed by atoms with E-state index in [0.717, 1.165) is 19.4 Å². The first kappa shape index (κ1) is 17.2. The van der Waals surface area contributed by atoms with Gasteiger partial charge in [0.1, 0.15) is 11.5 Å². The fourth-order valence-electron chi connectivity index (χ4n) is 2.81. The molecule has 6 heteroatoms. The number of ether oxygens (including phenoxy) is 2. The van der Waals surface area contributed by atoms with Gasteiger partial charge in [0.25, 0.3) is 5.91 Å². The van der Waals surface area contributed by atoms with Crippen molar-refractivity contribution in [3.63, 3.8) is 0 Å². The summed E-state index contributed by atoms with van der Waals surface area (Å²) in [5.41, 5.74) is 0. The Morgan fingerprint density at radius 3 is 2.76 bits per heavy atom. The average molecular weight is 341 g/mol. The molecule has 3 rings (SSSR count). The van der Waals surface area contributed by atoms with Crippen molar-refractivity contribution >= 4 is 5.91 Å². The Labute approximate surface area is 147 Å². The maximum atomic E-state index is 12.0. The van der Waals surface area contributed by atoms with Crippen LogP contribution in [-0.2, 0) is 4.79 Å². The predicted molar refractivity (Wildman–Crippen MR) is 94.9 cm³/mol. The molecular formula is C19H23N3O3. The van der Waals surface area contributed by atoms with E-state index in [1.807, 2.05) is 12.1 Å². The van der Waals surface area contributed by atoms with Gasteiger partial charge in [-0.15, -0.1) is 0 Å². The summed E-state index contributed by atoms with van der Waals surface area (Å²) in [4.78, 5) is 16.1. The number of carbonyl (C=O) groups is 1. The Balaban J connectivity index is 1.44. The molecule has 132 valence electrons. The van der Waals surface area contributed by atoms with E-state index in [1.54, 1.807) is 36.5 Å². The second kappa shape index (κ2) is 8.48. The van der Waals surface area contributed by atoms with E-state index < -0.39 is 0 Å². The number of hydrogen-bond acceptors (Lipinski definition) is 5. The molecule has 1 aliphatic rings. The van der Waals surface area contributed by atoms with Gasteiger partial charge in [-0.2, -0.15) is 0 Å². The zero-order valence-electron chi connectivity index (χ0n) is 14.3. The van der Waals surface area contributed by atoms with Crippen molar-refractivity contribution < 1.29 is 14.3 Å². The fourth-order valence-corrected chi connectivity index (χ4v) is 2.81. The second-order valence-electron chi connectivity index (χ2n) is 6.17. The molecule has 0 radical (unpaired) electrons. The molecule has 25 heavy (non-hydrogen) atoms. The number of hydrogen-bond donors (Lipinski definition) is 2. The maximum absolute atomic E-state index is 12.0. The largest absolute Gasteiger partial charge is 0.484 e. The molecule has 1 saturated heterocycles. The molecule has 1 aromatic carbocycles. The van der Waals surface area contributed by atoms with E-state index in [4.69, 9.17) is 9.47 Å². The van der Waals surface area contributed by atoms with E-state index >= 15 is 0 Å². The SMILES string of the molecule is CC1CC(NC(=O)COc2ccc(Oc3ccccn3)cc2)CCN1. The highest BCUT2D eigenvalue weighted by Crippen LogP contribution is 2.22. The first-order chi connectivity index (χ1) is 12.2. The van der Waals surface area contributed by atoms with Crippen LogP contribution in [0.2, 0.25) is 0 Å². The van der Waals surface area contributed by atoms with Crippen LogP contribution in [0.15, 0.2) is 48.7 Å². The Hall–Kier alpha value is -2.60. The van der Waals surface area contributed by atoms with Crippen LogP contribution in [0.25, 0.3) is 0 Å². The monoisotopic (exact) mass is 341 g/mol. The van der Waals surface area contributed by atoms with Crippen LogP contribution in [-0.4, -0.2) is 36.1 Å². The zero-order chi connectivity index (χ0) is 17.5. The minimum atomic E-state index is -0.0899. The number of rotatable bonds is 6. The highest BCUT2D eigenvalue weighted by Gasteiger charge is 2.19. The fraction of sp³-hybridized carbons (Fsp3) is 0.368. The number of benzene rings is 1. The number of nitrogens with zero attached hydrogens (tertiary/aromatic N) is 1. The van der Waals surface area contributed by atoms with Gasteiger partial charge in [0.15, 0.2) is 6.61 Å². The van der Waals surface area contributed by atoms with Crippen molar-refractivity contribution in [2.24, 2.45) is 0 Å². The molecule has 6 nitrogen and oxygen atoms in total. The minimum Gasteiger partial charge on any atom is -0.484 e. The molecule has 2 aromatic rings. The third-order valence-corrected chi connectivity index (χ3v) is 4.04. The predicted octanol–water partition coefficient (Wildman–Crippen LogP) is 2.51. The number of piperidine rings is 1. The van der Waals surface area contributed by atoms with E-state index in [1.165, 1.54) is 0 Å². The van der Waals surface area contributed by atoms with E-state index in [2.05, 4.69) is 22.5 Å². The number of amides is 1. The number of carbonyl (C=O) groups excluding carboxylic acids is 1. The Morgan fingerprint density at radius 2 is 2.04 bits per heavy atom. The maximum Gasteiger partial charge on any atom is 0.258 e. The lowest BCUT2D eigenvalue weighted by atomic mass is 10.0. The molecule has 2 heterocycles. The highest BCUT2D eigenvalue weighted by atomic mass is 16.5. The summed E-state index contributed by atoms with van der Waals surface area (Å²) >= 11 is 0.